The Hall–Kier alpha value is -1.43. The fraction of sp³-hybridized carbons (Fsp3) is 0.417. The van der Waals surface area contributed by atoms with E-state index in [1.807, 2.05) is 13.8 Å². The highest BCUT2D eigenvalue weighted by Gasteiger charge is 2.23. The third-order valence-electron chi connectivity index (χ3n) is 2.19. The summed E-state index contributed by atoms with van der Waals surface area (Å²) < 4.78 is 52.4. The van der Waals surface area contributed by atoms with Crippen molar-refractivity contribution in [2.45, 2.75) is 33.2 Å². The van der Waals surface area contributed by atoms with Gasteiger partial charge in [-0.15, -0.1) is 0 Å². The summed E-state index contributed by atoms with van der Waals surface area (Å²) in [7, 11) is 0. The van der Waals surface area contributed by atoms with E-state index in [0.29, 0.717) is 0 Å². The minimum Gasteiger partial charge on any atom is -0.321 e. The van der Waals surface area contributed by atoms with Crippen LogP contribution in [0.5, 0.6) is 0 Å². The highest BCUT2D eigenvalue weighted by molar-refractivity contribution is 5.58. The number of benzene rings is 1. The van der Waals surface area contributed by atoms with Crippen molar-refractivity contribution in [1.29, 1.82) is 0 Å². The van der Waals surface area contributed by atoms with Gasteiger partial charge in [-0.3, -0.25) is 0 Å². The van der Waals surface area contributed by atoms with Gasteiger partial charge in [0, 0.05) is 19.0 Å². The molecule has 0 aliphatic carbocycles. The Labute approximate surface area is 104 Å². The van der Waals surface area contributed by atoms with Crippen LogP contribution in [0, 0.1) is 30.2 Å². The van der Waals surface area contributed by atoms with Crippen LogP contribution < -0.4 is 5.73 Å². The quantitative estimate of drug-likeness (QED) is 0.396. The molecular weight excluding hydrogens is 250 g/mol. The lowest BCUT2D eigenvalue weighted by Crippen LogP contribution is -2.26. The van der Waals surface area contributed by atoms with Crippen molar-refractivity contribution in [1.82, 2.24) is 0 Å². The van der Waals surface area contributed by atoms with E-state index in [9.17, 15) is 22.4 Å². The van der Waals surface area contributed by atoms with Gasteiger partial charge in [0.1, 0.15) is 12.1 Å². The molecular formula is C12H17F4NO. The fourth-order valence-corrected chi connectivity index (χ4v) is 1.28. The summed E-state index contributed by atoms with van der Waals surface area (Å²) in [6.07, 6.45) is -0.241. The Balaban J connectivity index is 0. The molecule has 1 aromatic carbocycles. The topological polar surface area (TPSA) is 43.1 Å². The van der Waals surface area contributed by atoms with E-state index in [-0.39, 0.29) is 7.71 Å². The van der Waals surface area contributed by atoms with Crippen LogP contribution in [0.3, 0.4) is 0 Å². The van der Waals surface area contributed by atoms with Crippen LogP contribution in [0.25, 0.3) is 0 Å². The molecule has 6 heteroatoms. The summed E-state index contributed by atoms with van der Waals surface area (Å²) in [4.78, 5) is 10.2. The Morgan fingerprint density at radius 3 is 2.06 bits per heavy atom. The van der Waals surface area contributed by atoms with Crippen molar-refractivity contribution in [2.24, 2.45) is 5.73 Å². The third kappa shape index (κ3) is 3.29. The van der Waals surface area contributed by atoms with Gasteiger partial charge in [0.15, 0.2) is 17.5 Å². The van der Waals surface area contributed by atoms with Crippen LogP contribution in [-0.2, 0) is 11.2 Å². The Bertz CT molecular complexity index is 411. The van der Waals surface area contributed by atoms with E-state index < -0.39 is 46.9 Å². The summed E-state index contributed by atoms with van der Waals surface area (Å²) in [5, 5.41) is 0. The van der Waals surface area contributed by atoms with Crippen LogP contribution in [-0.4, -0.2) is 12.3 Å². The molecule has 0 saturated heterocycles. The number of carbonyl (C=O) groups excluding carboxylic acids is 1. The van der Waals surface area contributed by atoms with Crippen LogP contribution in [0.1, 0.15) is 26.4 Å². The summed E-state index contributed by atoms with van der Waals surface area (Å²) in [6.45, 7) is 4.98. The van der Waals surface area contributed by atoms with Gasteiger partial charge < -0.3 is 10.5 Å². The van der Waals surface area contributed by atoms with Gasteiger partial charge in [-0.2, -0.15) is 0 Å². The minimum atomic E-state index is -1.76. The molecule has 0 aliphatic heterocycles. The van der Waals surface area contributed by atoms with Crippen molar-refractivity contribution in [3.05, 3.63) is 34.4 Å². The molecule has 1 atom stereocenters. The first-order chi connectivity index (χ1) is 8.40. The van der Waals surface area contributed by atoms with E-state index in [4.69, 9.17) is 5.73 Å². The van der Waals surface area contributed by atoms with Gasteiger partial charge in [-0.25, -0.2) is 17.6 Å². The highest BCUT2D eigenvalue weighted by Crippen LogP contribution is 2.24. The number of nitrogens with two attached hydrogens (primary N) is 1. The maximum Gasteiger partial charge on any atom is 0.195 e. The van der Waals surface area contributed by atoms with E-state index in [2.05, 4.69) is 0 Å². The second kappa shape index (κ2) is 7.10. The monoisotopic (exact) mass is 267 g/mol. The molecule has 18 heavy (non-hydrogen) atoms. The molecule has 0 aromatic heterocycles. The van der Waals surface area contributed by atoms with Gasteiger partial charge in [0.2, 0.25) is 0 Å². The third-order valence-corrected chi connectivity index (χ3v) is 2.19. The lowest BCUT2D eigenvalue weighted by molar-refractivity contribution is -0.108. The molecule has 104 valence electrons. The molecule has 0 heterocycles. The minimum absolute atomic E-state index is 0. The standard InChI is InChI=1S/C10H9F4NO.C2H6.H2/c1-4-7(11)6(2-5(15)3-16)9(13)10(14)8(4)12;1-2;/h3,5H,2,15H2,1H3;1-2H3;1H/t5-;;/m0../s1. The Morgan fingerprint density at radius 2 is 1.61 bits per heavy atom. The summed E-state index contributed by atoms with van der Waals surface area (Å²) in [5.74, 6) is -6.18. The molecule has 0 aliphatic rings. The molecule has 2 nitrogen and oxygen atoms in total. The number of hydrogen-bond acceptors (Lipinski definition) is 2. The fourth-order valence-electron chi connectivity index (χ4n) is 1.28. The zero-order valence-corrected chi connectivity index (χ0v) is 10.4. The van der Waals surface area contributed by atoms with Gasteiger partial charge in [0.25, 0.3) is 0 Å². The predicted octanol–water partition coefficient (Wildman–Crippen LogP) is 2.89. The molecule has 2 N–H and O–H groups in total. The van der Waals surface area contributed by atoms with Crippen molar-refractivity contribution < 1.29 is 23.8 Å². The molecule has 1 aromatic rings. The largest absolute Gasteiger partial charge is 0.321 e. The zero-order valence-electron chi connectivity index (χ0n) is 10.4. The Morgan fingerprint density at radius 1 is 1.11 bits per heavy atom. The zero-order chi connectivity index (χ0) is 14.5. The average Bonchev–Trinajstić information content (AvgIpc) is 2.41. The predicted molar refractivity (Wildman–Crippen MR) is 62.2 cm³/mol. The van der Waals surface area contributed by atoms with Gasteiger partial charge in [-0.1, -0.05) is 13.8 Å². The molecule has 0 spiro atoms. The highest BCUT2D eigenvalue weighted by atomic mass is 19.2. The molecule has 0 fully saturated rings. The van der Waals surface area contributed by atoms with Crippen molar-refractivity contribution in [3.8, 4) is 0 Å². The first-order valence-corrected chi connectivity index (χ1v) is 5.42. The van der Waals surface area contributed by atoms with Crippen molar-refractivity contribution in [2.75, 3.05) is 0 Å². The Kier molecular flexibility index (Phi) is 6.54. The summed E-state index contributed by atoms with van der Waals surface area (Å²) in [5.41, 5.74) is 3.82. The number of rotatable bonds is 3. The lowest BCUT2D eigenvalue weighted by Gasteiger charge is -2.10. The second-order valence-electron chi connectivity index (χ2n) is 3.36. The van der Waals surface area contributed by atoms with Crippen LogP contribution in [0.4, 0.5) is 17.6 Å². The van der Waals surface area contributed by atoms with E-state index in [0.717, 1.165) is 6.92 Å². The lowest BCUT2D eigenvalue weighted by atomic mass is 10.0. The van der Waals surface area contributed by atoms with Crippen LogP contribution >= 0.6 is 0 Å². The molecule has 0 amide bonds. The molecule has 0 bridgehead atoms. The molecule has 0 radical (unpaired) electrons. The van der Waals surface area contributed by atoms with Crippen molar-refractivity contribution in [3.63, 3.8) is 0 Å². The number of carbonyl (C=O) groups is 1. The molecule has 1 rings (SSSR count). The number of hydrogen-bond donors (Lipinski definition) is 1. The number of halogens is 4. The second-order valence-corrected chi connectivity index (χ2v) is 3.36. The van der Waals surface area contributed by atoms with E-state index in [1.54, 1.807) is 0 Å². The van der Waals surface area contributed by atoms with Gasteiger partial charge >= 0.3 is 0 Å². The normalized spacial score (nSPS) is 11.6. The van der Waals surface area contributed by atoms with Gasteiger partial charge in [-0.05, 0) is 6.92 Å². The van der Waals surface area contributed by atoms with Crippen LogP contribution in [0.15, 0.2) is 0 Å². The smallest absolute Gasteiger partial charge is 0.195 e. The SMILES string of the molecule is CC.Cc1c(F)c(F)c(F)c(C[C@H](N)C=O)c1F.[HH]. The van der Waals surface area contributed by atoms with Crippen molar-refractivity contribution >= 4 is 6.29 Å². The maximum atomic E-state index is 13.4. The first-order valence-electron chi connectivity index (χ1n) is 5.42. The van der Waals surface area contributed by atoms with Crippen LogP contribution in [0.2, 0.25) is 0 Å². The summed E-state index contributed by atoms with van der Waals surface area (Å²) in [6, 6.07) is -1.16. The molecule has 0 saturated carbocycles. The average molecular weight is 267 g/mol. The van der Waals surface area contributed by atoms with E-state index >= 15 is 0 Å². The number of aldehydes is 1. The summed E-state index contributed by atoms with van der Waals surface area (Å²) >= 11 is 0. The molecule has 0 unspecified atom stereocenters. The first kappa shape index (κ1) is 16.6. The van der Waals surface area contributed by atoms with Gasteiger partial charge in [0.05, 0.1) is 6.04 Å². The van der Waals surface area contributed by atoms with E-state index in [1.165, 1.54) is 0 Å². The maximum absolute atomic E-state index is 13.4.